The zero-order chi connectivity index (χ0) is 18.2. The van der Waals surface area contributed by atoms with Gasteiger partial charge in [-0.25, -0.2) is 4.68 Å². The fourth-order valence-corrected chi connectivity index (χ4v) is 4.28. The molecule has 0 spiro atoms. The number of rotatable bonds is 4. The zero-order valence-electron chi connectivity index (χ0n) is 14.9. The van der Waals surface area contributed by atoms with E-state index in [1.165, 1.54) is 12.8 Å². The Kier molecular flexibility index (Phi) is 4.01. The van der Waals surface area contributed by atoms with Crippen molar-refractivity contribution in [1.29, 1.82) is 0 Å². The number of hydrogen-bond acceptors (Lipinski definition) is 6. The van der Waals surface area contributed by atoms with Gasteiger partial charge in [-0.1, -0.05) is 0 Å². The summed E-state index contributed by atoms with van der Waals surface area (Å²) >= 11 is 0. The molecule has 2 aromatic heterocycles. The van der Waals surface area contributed by atoms with E-state index in [-0.39, 0.29) is 5.75 Å². The van der Waals surface area contributed by atoms with E-state index in [0.29, 0.717) is 23.3 Å². The lowest BCUT2D eigenvalue weighted by atomic mass is 9.86. The second kappa shape index (κ2) is 6.66. The van der Waals surface area contributed by atoms with Crippen LogP contribution < -0.4 is 10.6 Å². The Morgan fingerprint density at radius 3 is 2.81 bits per heavy atom. The number of phenolic OH excluding ortho intramolecular Hbond substituents is 1. The van der Waals surface area contributed by atoms with Gasteiger partial charge in [0.25, 0.3) is 0 Å². The quantitative estimate of drug-likeness (QED) is 0.661. The maximum absolute atomic E-state index is 10.4. The van der Waals surface area contributed by atoms with Crippen LogP contribution in [0.2, 0.25) is 0 Å². The monoisotopic (exact) mass is 362 g/mol. The number of benzene rings is 1. The highest BCUT2D eigenvalue weighted by molar-refractivity contribution is 5.68. The van der Waals surface area contributed by atoms with E-state index in [1.54, 1.807) is 16.9 Å². The normalized spacial score (nSPS) is 24.1. The van der Waals surface area contributed by atoms with Crippen molar-refractivity contribution >= 4 is 5.82 Å². The number of aromatic nitrogens is 4. The van der Waals surface area contributed by atoms with Crippen LogP contribution in [0.15, 0.2) is 48.8 Å². The van der Waals surface area contributed by atoms with E-state index in [1.807, 2.05) is 36.5 Å². The molecule has 3 aromatic rings. The number of phenols is 1. The van der Waals surface area contributed by atoms with E-state index in [4.69, 9.17) is 0 Å². The molecule has 138 valence electrons. The highest BCUT2D eigenvalue weighted by atomic mass is 16.3. The summed E-state index contributed by atoms with van der Waals surface area (Å²) in [6.07, 6.45) is 7.16. The van der Waals surface area contributed by atoms with Crippen LogP contribution in [0.4, 0.5) is 5.82 Å². The Morgan fingerprint density at radius 1 is 1.11 bits per heavy atom. The molecule has 3 N–H and O–H groups in total. The van der Waals surface area contributed by atoms with Crippen LogP contribution in [-0.2, 0) is 0 Å². The third-order valence-electron chi connectivity index (χ3n) is 5.54. The van der Waals surface area contributed by atoms with Crippen molar-refractivity contribution in [3.05, 3.63) is 48.8 Å². The van der Waals surface area contributed by atoms with Gasteiger partial charge in [0.2, 0.25) is 0 Å². The van der Waals surface area contributed by atoms with Gasteiger partial charge < -0.3 is 15.7 Å². The van der Waals surface area contributed by atoms with Crippen LogP contribution in [0, 0.1) is 5.92 Å². The minimum atomic E-state index is 0.160. The van der Waals surface area contributed by atoms with Crippen LogP contribution >= 0.6 is 0 Å². The average molecular weight is 362 g/mol. The van der Waals surface area contributed by atoms with Gasteiger partial charge in [-0.3, -0.25) is 0 Å². The molecule has 3 unspecified atom stereocenters. The molecule has 1 aromatic carbocycles. The summed E-state index contributed by atoms with van der Waals surface area (Å²) in [5.74, 6) is 1.73. The van der Waals surface area contributed by atoms with Crippen LogP contribution in [0.3, 0.4) is 0 Å². The molecule has 3 heterocycles. The molecule has 0 radical (unpaired) electrons. The minimum Gasteiger partial charge on any atom is -0.507 e. The van der Waals surface area contributed by atoms with Gasteiger partial charge in [0.1, 0.15) is 11.6 Å². The lowest BCUT2D eigenvalue weighted by Gasteiger charge is -2.27. The second-order valence-electron chi connectivity index (χ2n) is 7.48. The first-order valence-electron chi connectivity index (χ1n) is 9.41. The van der Waals surface area contributed by atoms with Crippen LogP contribution in [0.5, 0.6) is 5.75 Å². The van der Waals surface area contributed by atoms with Crippen LogP contribution in [-0.4, -0.2) is 43.7 Å². The summed E-state index contributed by atoms with van der Waals surface area (Å²) in [5, 5.41) is 30.3. The standard InChI is InChI=1S/C20H22N6O/c27-19-11-16(26-7-1-6-22-26)2-3-17(19)18-4-5-20(25-24-18)23-15-9-13-8-14(10-15)21-12-13/h1-7,11,13-15,21,27H,8-10,12H2,(H,23,25). The summed E-state index contributed by atoms with van der Waals surface area (Å²) in [4.78, 5) is 0. The molecule has 2 fully saturated rings. The van der Waals surface area contributed by atoms with Crippen molar-refractivity contribution in [2.45, 2.75) is 31.3 Å². The topological polar surface area (TPSA) is 87.9 Å². The van der Waals surface area contributed by atoms with Gasteiger partial charge in [-0.05, 0) is 62.1 Å². The Balaban J connectivity index is 1.31. The molecule has 0 amide bonds. The fraction of sp³-hybridized carbons (Fsp3) is 0.350. The van der Waals surface area contributed by atoms with E-state index in [9.17, 15) is 5.11 Å². The Bertz CT molecular complexity index is 912. The van der Waals surface area contributed by atoms with Crippen molar-refractivity contribution in [2.75, 3.05) is 11.9 Å². The van der Waals surface area contributed by atoms with Crippen LogP contribution in [0.1, 0.15) is 19.3 Å². The molecule has 2 aliphatic rings. The molecule has 1 saturated heterocycles. The summed E-state index contributed by atoms with van der Waals surface area (Å²) in [6, 6.07) is 12.2. The highest BCUT2D eigenvalue weighted by Crippen LogP contribution is 2.32. The van der Waals surface area contributed by atoms with Gasteiger partial charge in [0.15, 0.2) is 0 Å². The van der Waals surface area contributed by atoms with Crippen molar-refractivity contribution in [1.82, 2.24) is 25.3 Å². The summed E-state index contributed by atoms with van der Waals surface area (Å²) in [5.41, 5.74) is 2.10. The smallest absolute Gasteiger partial charge is 0.148 e. The van der Waals surface area contributed by atoms with E-state index in [2.05, 4.69) is 25.9 Å². The third-order valence-corrected chi connectivity index (χ3v) is 5.54. The molecule has 3 atom stereocenters. The van der Waals surface area contributed by atoms with Gasteiger partial charge in [0.05, 0.1) is 11.4 Å². The first-order chi connectivity index (χ1) is 13.2. The Labute approximate surface area is 157 Å². The molecule has 7 heteroatoms. The van der Waals surface area contributed by atoms with Gasteiger partial charge in [0, 0.05) is 36.1 Å². The lowest BCUT2D eigenvalue weighted by molar-refractivity contribution is 0.379. The van der Waals surface area contributed by atoms with E-state index in [0.717, 1.165) is 30.4 Å². The minimum absolute atomic E-state index is 0.160. The summed E-state index contributed by atoms with van der Waals surface area (Å²) in [6.45, 7) is 1.14. The molecule has 1 aliphatic carbocycles. The predicted octanol–water partition coefficient (Wildman–Crippen LogP) is 2.59. The molecule has 2 bridgehead atoms. The van der Waals surface area contributed by atoms with Gasteiger partial charge in [-0.2, -0.15) is 5.10 Å². The number of aromatic hydroxyl groups is 1. The van der Waals surface area contributed by atoms with Crippen LogP contribution in [0.25, 0.3) is 16.9 Å². The Morgan fingerprint density at radius 2 is 2.07 bits per heavy atom. The Hall–Kier alpha value is -2.93. The maximum Gasteiger partial charge on any atom is 0.148 e. The van der Waals surface area contributed by atoms with E-state index >= 15 is 0 Å². The highest BCUT2D eigenvalue weighted by Gasteiger charge is 2.33. The predicted molar refractivity (Wildman–Crippen MR) is 103 cm³/mol. The van der Waals surface area contributed by atoms with Crippen molar-refractivity contribution in [2.24, 2.45) is 5.92 Å². The molecular weight excluding hydrogens is 340 g/mol. The van der Waals surface area contributed by atoms with Crippen molar-refractivity contribution in [3.63, 3.8) is 0 Å². The number of anilines is 1. The van der Waals surface area contributed by atoms with Gasteiger partial charge in [-0.15, -0.1) is 10.2 Å². The first-order valence-corrected chi connectivity index (χ1v) is 9.41. The van der Waals surface area contributed by atoms with Crippen molar-refractivity contribution < 1.29 is 5.11 Å². The summed E-state index contributed by atoms with van der Waals surface area (Å²) in [7, 11) is 0. The first kappa shape index (κ1) is 16.3. The fourth-order valence-electron chi connectivity index (χ4n) is 4.28. The maximum atomic E-state index is 10.4. The number of nitrogens with zero attached hydrogens (tertiary/aromatic N) is 4. The number of nitrogens with one attached hydrogen (secondary N) is 2. The lowest BCUT2D eigenvalue weighted by Crippen LogP contribution is -2.33. The SMILES string of the molecule is Oc1cc(-n2cccn2)ccc1-c1ccc(NC2CC3CNC(C3)C2)nn1. The van der Waals surface area contributed by atoms with Gasteiger partial charge >= 0.3 is 0 Å². The molecule has 27 heavy (non-hydrogen) atoms. The molecule has 7 nitrogen and oxygen atoms in total. The largest absolute Gasteiger partial charge is 0.507 e. The number of hydrogen-bond donors (Lipinski definition) is 3. The summed E-state index contributed by atoms with van der Waals surface area (Å²) < 4.78 is 1.70. The third kappa shape index (κ3) is 3.26. The van der Waals surface area contributed by atoms with Crippen molar-refractivity contribution in [3.8, 4) is 22.7 Å². The molecular formula is C20H22N6O. The number of fused-ring (bicyclic) bond motifs is 2. The zero-order valence-corrected chi connectivity index (χ0v) is 14.9. The molecule has 1 aliphatic heterocycles. The molecule has 5 rings (SSSR count). The van der Waals surface area contributed by atoms with E-state index < -0.39 is 0 Å². The second-order valence-corrected chi connectivity index (χ2v) is 7.48. The molecule has 1 saturated carbocycles. The average Bonchev–Trinajstić information content (AvgIpc) is 3.32.